The van der Waals surface area contributed by atoms with Crippen molar-refractivity contribution in [2.75, 3.05) is 19.5 Å². The first-order valence-electron chi connectivity index (χ1n) is 5.48. The molecule has 0 aliphatic heterocycles. The Morgan fingerprint density at radius 1 is 1.42 bits per heavy atom. The molecule has 0 unspecified atom stereocenters. The number of ether oxygens (including phenoxy) is 1. The van der Waals surface area contributed by atoms with Crippen molar-refractivity contribution in [1.29, 1.82) is 0 Å². The zero-order chi connectivity index (χ0) is 14.0. The topological polar surface area (TPSA) is 95.1 Å². The van der Waals surface area contributed by atoms with Crippen LogP contribution in [0, 0.1) is 10.1 Å². The second-order valence-electron chi connectivity index (χ2n) is 3.80. The zero-order valence-corrected chi connectivity index (χ0v) is 10.7. The van der Waals surface area contributed by atoms with Crippen LogP contribution in [0.1, 0.15) is 0 Å². The minimum atomic E-state index is -0.488. The quantitative estimate of drug-likeness (QED) is 0.662. The van der Waals surface area contributed by atoms with E-state index in [1.165, 1.54) is 13.2 Å². The maximum atomic E-state index is 10.8. The van der Waals surface area contributed by atoms with Gasteiger partial charge >= 0.3 is 5.69 Å². The molecule has 8 heteroatoms. The predicted molar refractivity (Wildman–Crippen MR) is 69.2 cm³/mol. The maximum Gasteiger partial charge on any atom is 0.310 e. The highest BCUT2D eigenvalue weighted by Crippen LogP contribution is 2.31. The van der Waals surface area contributed by atoms with Crippen LogP contribution in [-0.2, 0) is 7.05 Å². The third-order valence-electron chi connectivity index (χ3n) is 2.73. The van der Waals surface area contributed by atoms with Gasteiger partial charge in [-0.3, -0.25) is 14.7 Å². The number of nitrogens with zero attached hydrogens (tertiary/aromatic N) is 4. The van der Waals surface area contributed by atoms with Crippen molar-refractivity contribution >= 4 is 11.6 Å². The summed E-state index contributed by atoms with van der Waals surface area (Å²) in [7, 11) is 4.93. The second kappa shape index (κ2) is 4.92. The first kappa shape index (κ1) is 12.8. The lowest BCUT2D eigenvalue weighted by molar-refractivity contribution is -0.385. The lowest BCUT2D eigenvalue weighted by Gasteiger charge is -2.06. The first-order chi connectivity index (χ1) is 9.08. The van der Waals surface area contributed by atoms with Crippen molar-refractivity contribution in [3.05, 3.63) is 28.3 Å². The molecule has 0 saturated carbocycles. The van der Waals surface area contributed by atoms with Crippen molar-refractivity contribution in [3.63, 3.8) is 0 Å². The monoisotopic (exact) mass is 263 g/mol. The summed E-state index contributed by atoms with van der Waals surface area (Å²) in [6.07, 6.45) is 0. The van der Waals surface area contributed by atoms with E-state index in [2.05, 4.69) is 15.5 Å². The molecule has 2 aromatic rings. The average molecular weight is 263 g/mol. The van der Waals surface area contributed by atoms with Crippen molar-refractivity contribution < 1.29 is 9.66 Å². The van der Waals surface area contributed by atoms with Gasteiger partial charge in [0.25, 0.3) is 0 Å². The van der Waals surface area contributed by atoms with Crippen molar-refractivity contribution in [3.8, 4) is 17.1 Å². The lowest BCUT2D eigenvalue weighted by atomic mass is 10.2. The molecule has 0 aliphatic rings. The van der Waals surface area contributed by atoms with E-state index in [1.807, 2.05) is 0 Å². The van der Waals surface area contributed by atoms with Gasteiger partial charge in [-0.05, 0) is 12.1 Å². The van der Waals surface area contributed by atoms with E-state index >= 15 is 0 Å². The minimum Gasteiger partial charge on any atom is -0.490 e. The number of methoxy groups -OCH3 is 1. The molecule has 0 aliphatic carbocycles. The fourth-order valence-electron chi connectivity index (χ4n) is 1.77. The molecule has 8 nitrogen and oxygen atoms in total. The maximum absolute atomic E-state index is 10.8. The molecule has 19 heavy (non-hydrogen) atoms. The molecule has 0 bridgehead atoms. The summed E-state index contributed by atoms with van der Waals surface area (Å²) in [6.45, 7) is 0. The number of anilines is 1. The zero-order valence-electron chi connectivity index (χ0n) is 10.7. The number of nitro benzene ring substituents is 1. The smallest absolute Gasteiger partial charge is 0.310 e. The summed E-state index contributed by atoms with van der Waals surface area (Å²) in [5.74, 6) is 1.39. The van der Waals surface area contributed by atoms with Gasteiger partial charge in [0.05, 0.1) is 12.0 Å². The molecule has 2 rings (SSSR count). The van der Waals surface area contributed by atoms with Gasteiger partial charge in [-0.2, -0.15) is 0 Å². The SMILES string of the molecule is CNc1nnc(-c2ccc([N+](=O)[O-])c(OC)c2)n1C. The predicted octanol–water partition coefficient (Wildman–Crippen LogP) is 1.44. The van der Waals surface area contributed by atoms with Gasteiger partial charge in [0.2, 0.25) is 5.95 Å². The summed E-state index contributed by atoms with van der Waals surface area (Å²) in [4.78, 5) is 10.3. The van der Waals surface area contributed by atoms with E-state index in [4.69, 9.17) is 4.74 Å². The van der Waals surface area contributed by atoms with Crippen LogP contribution in [0.15, 0.2) is 18.2 Å². The Hall–Kier alpha value is -2.64. The molecule has 100 valence electrons. The van der Waals surface area contributed by atoms with Crippen molar-refractivity contribution in [1.82, 2.24) is 14.8 Å². The number of nitro groups is 1. The molecule has 1 aromatic heterocycles. The van der Waals surface area contributed by atoms with E-state index in [0.29, 0.717) is 17.3 Å². The number of nitrogens with one attached hydrogen (secondary N) is 1. The van der Waals surface area contributed by atoms with E-state index in [-0.39, 0.29) is 11.4 Å². The van der Waals surface area contributed by atoms with Crippen LogP contribution in [0.4, 0.5) is 11.6 Å². The van der Waals surface area contributed by atoms with Crippen LogP contribution in [-0.4, -0.2) is 33.8 Å². The number of rotatable bonds is 4. The van der Waals surface area contributed by atoms with Crippen LogP contribution < -0.4 is 10.1 Å². The van der Waals surface area contributed by atoms with Gasteiger partial charge in [-0.1, -0.05) is 0 Å². The summed E-state index contributed by atoms with van der Waals surface area (Å²) >= 11 is 0. The van der Waals surface area contributed by atoms with E-state index in [9.17, 15) is 10.1 Å². The van der Waals surface area contributed by atoms with Crippen LogP contribution in [0.3, 0.4) is 0 Å². The minimum absolute atomic E-state index is 0.0812. The van der Waals surface area contributed by atoms with Gasteiger partial charge in [-0.25, -0.2) is 0 Å². The molecule has 1 N–H and O–H groups in total. The summed E-state index contributed by atoms with van der Waals surface area (Å²) < 4.78 is 6.78. The first-order valence-corrected chi connectivity index (χ1v) is 5.48. The van der Waals surface area contributed by atoms with Crippen LogP contribution in [0.25, 0.3) is 11.4 Å². The standard InChI is InChI=1S/C11H13N5O3/c1-12-11-14-13-10(15(11)2)7-4-5-8(16(17)18)9(6-7)19-3/h4-6H,1-3H3,(H,12,14). The molecule has 0 atom stereocenters. The fourth-order valence-corrected chi connectivity index (χ4v) is 1.77. The van der Waals surface area contributed by atoms with Crippen molar-refractivity contribution in [2.45, 2.75) is 0 Å². The molecule has 1 heterocycles. The van der Waals surface area contributed by atoms with E-state index < -0.39 is 4.92 Å². The number of hydrogen-bond acceptors (Lipinski definition) is 6. The Labute approximate surface area is 109 Å². The highest BCUT2D eigenvalue weighted by atomic mass is 16.6. The molecular weight excluding hydrogens is 250 g/mol. The van der Waals surface area contributed by atoms with Crippen LogP contribution in [0.2, 0.25) is 0 Å². The largest absolute Gasteiger partial charge is 0.490 e. The molecule has 0 saturated heterocycles. The van der Waals surface area contributed by atoms with Gasteiger partial charge in [0.1, 0.15) is 0 Å². The highest BCUT2D eigenvalue weighted by Gasteiger charge is 2.17. The van der Waals surface area contributed by atoms with Gasteiger partial charge in [0.15, 0.2) is 11.6 Å². The second-order valence-corrected chi connectivity index (χ2v) is 3.80. The molecular formula is C11H13N5O3. The van der Waals surface area contributed by atoms with Crippen molar-refractivity contribution in [2.24, 2.45) is 7.05 Å². The molecule has 0 fully saturated rings. The summed E-state index contributed by atoms with van der Waals surface area (Å²) in [6, 6.07) is 4.58. The summed E-state index contributed by atoms with van der Waals surface area (Å²) in [5, 5.41) is 21.7. The highest BCUT2D eigenvalue weighted by molar-refractivity contribution is 5.64. The Bertz CT molecular complexity index is 623. The molecule has 1 aromatic carbocycles. The lowest BCUT2D eigenvalue weighted by Crippen LogP contribution is -2.00. The van der Waals surface area contributed by atoms with Gasteiger partial charge < -0.3 is 10.1 Å². The normalized spacial score (nSPS) is 10.3. The van der Waals surface area contributed by atoms with E-state index in [1.54, 1.807) is 30.8 Å². The molecule has 0 radical (unpaired) electrons. The number of benzene rings is 1. The third-order valence-corrected chi connectivity index (χ3v) is 2.73. The van der Waals surface area contributed by atoms with Gasteiger partial charge in [-0.15, -0.1) is 10.2 Å². The van der Waals surface area contributed by atoms with E-state index in [0.717, 1.165) is 0 Å². The Morgan fingerprint density at radius 2 is 2.16 bits per heavy atom. The average Bonchev–Trinajstić information content (AvgIpc) is 2.78. The summed E-state index contributed by atoms with van der Waals surface area (Å²) in [5.41, 5.74) is 0.612. The Kier molecular flexibility index (Phi) is 3.32. The number of aromatic nitrogens is 3. The molecule has 0 amide bonds. The van der Waals surface area contributed by atoms with Crippen LogP contribution >= 0.6 is 0 Å². The van der Waals surface area contributed by atoms with Crippen LogP contribution in [0.5, 0.6) is 5.75 Å². The fraction of sp³-hybridized carbons (Fsp3) is 0.273. The number of hydrogen-bond donors (Lipinski definition) is 1. The van der Waals surface area contributed by atoms with Gasteiger partial charge in [0, 0.05) is 25.7 Å². The Balaban J connectivity index is 2.51. The molecule has 0 spiro atoms. The third kappa shape index (κ3) is 2.19. The Morgan fingerprint density at radius 3 is 2.68 bits per heavy atom.